The minimum Gasteiger partial charge on any atom is -0.506 e. The van der Waals surface area contributed by atoms with Gasteiger partial charge in [-0.05, 0) is 69.7 Å². The molecule has 0 radical (unpaired) electrons. The summed E-state index contributed by atoms with van der Waals surface area (Å²) in [5.74, 6) is 0.299. The number of phenols is 1. The third-order valence-corrected chi connectivity index (χ3v) is 4.22. The standard InChI is InChI=1S/C11H12I2O2/c1-2-3-4-8-7(6-14)5-9(12)11(15)10(8)13/h5-6,15H,2-4H2,1H3. The molecule has 0 saturated carbocycles. The Morgan fingerprint density at radius 2 is 2.13 bits per heavy atom. The number of carbonyl (C=O) groups is 1. The predicted octanol–water partition coefficient (Wildman–Crippen LogP) is 3.76. The second-order valence-corrected chi connectivity index (χ2v) is 5.55. The summed E-state index contributed by atoms with van der Waals surface area (Å²) in [6, 6.07) is 1.75. The molecule has 15 heavy (non-hydrogen) atoms. The van der Waals surface area contributed by atoms with Crippen molar-refractivity contribution in [3.8, 4) is 5.75 Å². The lowest BCUT2D eigenvalue weighted by Gasteiger charge is -2.10. The molecule has 0 heterocycles. The fraction of sp³-hybridized carbons (Fsp3) is 0.364. The summed E-state index contributed by atoms with van der Waals surface area (Å²) >= 11 is 4.15. The summed E-state index contributed by atoms with van der Waals surface area (Å²) in [5, 5.41) is 9.78. The van der Waals surface area contributed by atoms with Gasteiger partial charge in [0.15, 0.2) is 0 Å². The second-order valence-electron chi connectivity index (χ2n) is 3.31. The van der Waals surface area contributed by atoms with Gasteiger partial charge in [0.25, 0.3) is 0 Å². The summed E-state index contributed by atoms with van der Waals surface area (Å²) in [7, 11) is 0. The number of benzene rings is 1. The molecule has 0 spiro atoms. The average Bonchev–Trinajstić information content (AvgIpc) is 2.24. The largest absolute Gasteiger partial charge is 0.506 e. The number of halogens is 2. The molecule has 1 aromatic carbocycles. The Hall–Kier alpha value is 0.150. The number of phenolic OH excluding ortho intramolecular Hbond substituents is 1. The van der Waals surface area contributed by atoms with Gasteiger partial charge in [-0.2, -0.15) is 0 Å². The summed E-state index contributed by atoms with van der Waals surface area (Å²) < 4.78 is 1.55. The maximum Gasteiger partial charge on any atom is 0.150 e. The van der Waals surface area contributed by atoms with Crippen LogP contribution in [0.2, 0.25) is 0 Å². The van der Waals surface area contributed by atoms with Crippen LogP contribution in [-0.2, 0) is 6.42 Å². The Balaban J connectivity index is 3.21. The molecule has 0 aromatic heterocycles. The highest BCUT2D eigenvalue weighted by Gasteiger charge is 2.13. The number of hydrogen-bond acceptors (Lipinski definition) is 2. The van der Waals surface area contributed by atoms with E-state index in [9.17, 15) is 9.90 Å². The number of aldehydes is 1. The Morgan fingerprint density at radius 3 is 2.67 bits per heavy atom. The Kier molecular flexibility index (Phi) is 5.31. The molecule has 0 bridgehead atoms. The van der Waals surface area contributed by atoms with Gasteiger partial charge in [-0.1, -0.05) is 13.3 Å². The Bertz CT molecular complexity index is 375. The predicted molar refractivity (Wildman–Crippen MR) is 77.5 cm³/mol. The van der Waals surface area contributed by atoms with E-state index in [0.717, 1.165) is 38.3 Å². The molecular formula is C11H12I2O2. The number of unbranched alkanes of at least 4 members (excludes halogenated alkanes) is 1. The molecule has 2 nitrogen and oxygen atoms in total. The van der Waals surface area contributed by atoms with Crippen molar-refractivity contribution < 1.29 is 9.90 Å². The first-order valence-corrected chi connectivity index (χ1v) is 6.92. The Morgan fingerprint density at radius 1 is 1.47 bits per heavy atom. The van der Waals surface area contributed by atoms with Crippen LogP contribution in [0.5, 0.6) is 5.75 Å². The Labute approximate surface area is 117 Å². The SMILES string of the molecule is CCCCc1c(C=O)cc(I)c(O)c1I. The molecule has 0 unspecified atom stereocenters. The van der Waals surface area contributed by atoms with E-state index in [1.165, 1.54) is 0 Å². The molecule has 0 aliphatic rings. The molecule has 1 N–H and O–H groups in total. The lowest BCUT2D eigenvalue weighted by molar-refractivity contribution is 0.112. The third kappa shape index (κ3) is 3.05. The monoisotopic (exact) mass is 430 g/mol. The summed E-state index contributed by atoms with van der Waals surface area (Å²) in [4.78, 5) is 10.9. The topological polar surface area (TPSA) is 37.3 Å². The van der Waals surface area contributed by atoms with Gasteiger partial charge in [-0.15, -0.1) is 0 Å². The quantitative estimate of drug-likeness (QED) is 0.584. The third-order valence-electron chi connectivity index (χ3n) is 2.24. The zero-order valence-electron chi connectivity index (χ0n) is 8.39. The van der Waals surface area contributed by atoms with Gasteiger partial charge in [-0.3, -0.25) is 4.79 Å². The maximum atomic E-state index is 10.9. The van der Waals surface area contributed by atoms with Crippen molar-refractivity contribution in [1.29, 1.82) is 0 Å². The summed E-state index contributed by atoms with van der Waals surface area (Å²) in [6.45, 7) is 2.11. The van der Waals surface area contributed by atoms with Crippen molar-refractivity contribution in [2.45, 2.75) is 26.2 Å². The van der Waals surface area contributed by atoms with Gasteiger partial charge < -0.3 is 5.11 Å². The van der Waals surface area contributed by atoms with Crippen molar-refractivity contribution in [2.24, 2.45) is 0 Å². The molecule has 0 saturated heterocycles. The van der Waals surface area contributed by atoms with Crippen LogP contribution in [0.3, 0.4) is 0 Å². The van der Waals surface area contributed by atoms with E-state index in [0.29, 0.717) is 11.3 Å². The van der Waals surface area contributed by atoms with Gasteiger partial charge in [0.1, 0.15) is 12.0 Å². The van der Waals surface area contributed by atoms with E-state index in [4.69, 9.17) is 0 Å². The molecule has 0 atom stereocenters. The molecule has 0 aliphatic heterocycles. The zero-order valence-corrected chi connectivity index (χ0v) is 12.7. The lowest BCUT2D eigenvalue weighted by atomic mass is 10.0. The summed E-state index contributed by atoms with van der Waals surface area (Å²) in [5.41, 5.74) is 1.68. The molecular weight excluding hydrogens is 418 g/mol. The van der Waals surface area contributed by atoms with Crippen molar-refractivity contribution in [3.05, 3.63) is 24.3 Å². The zero-order chi connectivity index (χ0) is 11.4. The van der Waals surface area contributed by atoms with E-state index < -0.39 is 0 Å². The van der Waals surface area contributed by atoms with Crippen LogP contribution in [-0.4, -0.2) is 11.4 Å². The number of hydrogen-bond donors (Lipinski definition) is 1. The fourth-order valence-electron chi connectivity index (χ4n) is 1.38. The molecule has 0 aliphatic carbocycles. The van der Waals surface area contributed by atoms with Crippen molar-refractivity contribution in [2.75, 3.05) is 0 Å². The summed E-state index contributed by atoms with van der Waals surface area (Å²) in [6.07, 6.45) is 3.85. The van der Waals surface area contributed by atoms with Crippen LogP contribution in [0, 0.1) is 7.14 Å². The van der Waals surface area contributed by atoms with Crippen LogP contribution in [0.25, 0.3) is 0 Å². The molecule has 82 valence electrons. The first kappa shape index (κ1) is 13.2. The first-order chi connectivity index (χ1) is 7.11. The molecule has 4 heteroatoms. The normalized spacial score (nSPS) is 10.3. The van der Waals surface area contributed by atoms with Crippen molar-refractivity contribution in [3.63, 3.8) is 0 Å². The second kappa shape index (κ2) is 6.03. The first-order valence-electron chi connectivity index (χ1n) is 4.76. The smallest absolute Gasteiger partial charge is 0.150 e. The van der Waals surface area contributed by atoms with Gasteiger partial charge in [0.2, 0.25) is 0 Å². The van der Waals surface area contributed by atoms with Crippen molar-refractivity contribution >= 4 is 51.5 Å². The van der Waals surface area contributed by atoms with E-state index in [2.05, 4.69) is 29.5 Å². The molecule has 0 amide bonds. The van der Waals surface area contributed by atoms with Crippen LogP contribution in [0.4, 0.5) is 0 Å². The minimum atomic E-state index is 0.299. The molecule has 1 rings (SSSR count). The molecule has 0 fully saturated rings. The van der Waals surface area contributed by atoms with Gasteiger partial charge in [-0.25, -0.2) is 0 Å². The van der Waals surface area contributed by atoms with E-state index in [-0.39, 0.29) is 0 Å². The van der Waals surface area contributed by atoms with Crippen LogP contribution in [0.15, 0.2) is 6.07 Å². The number of rotatable bonds is 4. The van der Waals surface area contributed by atoms with Crippen LogP contribution < -0.4 is 0 Å². The minimum absolute atomic E-state index is 0.299. The van der Waals surface area contributed by atoms with Gasteiger partial charge in [0, 0.05) is 5.56 Å². The maximum absolute atomic E-state index is 10.9. The van der Waals surface area contributed by atoms with Crippen LogP contribution >= 0.6 is 45.2 Å². The van der Waals surface area contributed by atoms with Gasteiger partial charge in [0.05, 0.1) is 7.14 Å². The van der Waals surface area contributed by atoms with Crippen LogP contribution in [0.1, 0.15) is 35.7 Å². The average molecular weight is 430 g/mol. The van der Waals surface area contributed by atoms with E-state index >= 15 is 0 Å². The highest BCUT2D eigenvalue weighted by atomic mass is 127. The number of aromatic hydroxyl groups is 1. The lowest BCUT2D eigenvalue weighted by Crippen LogP contribution is -1.99. The highest BCUT2D eigenvalue weighted by Crippen LogP contribution is 2.31. The fourth-order valence-corrected chi connectivity index (χ4v) is 3.37. The van der Waals surface area contributed by atoms with Crippen molar-refractivity contribution in [1.82, 2.24) is 0 Å². The highest BCUT2D eigenvalue weighted by molar-refractivity contribution is 14.1. The van der Waals surface area contributed by atoms with E-state index in [1.54, 1.807) is 6.07 Å². The van der Waals surface area contributed by atoms with E-state index in [1.807, 2.05) is 22.6 Å². The molecule has 1 aromatic rings. The number of carbonyl (C=O) groups excluding carboxylic acids is 1. The van der Waals surface area contributed by atoms with Gasteiger partial charge >= 0.3 is 0 Å².